The van der Waals surface area contributed by atoms with E-state index in [4.69, 9.17) is 11.6 Å². The average Bonchev–Trinajstić information content (AvgIpc) is 2.43. The van der Waals surface area contributed by atoms with E-state index in [1.54, 1.807) is 38.1 Å². The van der Waals surface area contributed by atoms with Crippen molar-refractivity contribution in [3.05, 3.63) is 40.3 Å². The number of nitrogens with one attached hydrogen (secondary N) is 1. The highest BCUT2D eigenvalue weighted by Gasteiger charge is 2.26. The van der Waals surface area contributed by atoms with E-state index in [1.807, 2.05) is 0 Å². The first-order chi connectivity index (χ1) is 9.75. The molecule has 1 aromatic carbocycles. The molecule has 0 radical (unpaired) electrons. The Hall–Kier alpha value is -1.37. The number of esters is 1. The Kier molecular flexibility index (Phi) is 6.39. The van der Waals surface area contributed by atoms with Crippen molar-refractivity contribution in [2.45, 2.75) is 19.9 Å². The zero-order valence-electron chi connectivity index (χ0n) is 12.0. The van der Waals surface area contributed by atoms with Crippen molar-refractivity contribution in [1.82, 2.24) is 4.72 Å². The Morgan fingerprint density at radius 3 is 2.33 bits per heavy atom. The van der Waals surface area contributed by atoms with Gasteiger partial charge in [-0.2, -0.15) is 4.72 Å². The van der Waals surface area contributed by atoms with Crippen LogP contribution in [0.25, 0.3) is 6.08 Å². The van der Waals surface area contributed by atoms with Gasteiger partial charge < -0.3 is 4.74 Å². The van der Waals surface area contributed by atoms with Crippen LogP contribution in [0, 0.1) is 5.92 Å². The third-order valence-electron chi connectivity index (χ3n) is 2.72. The number of carbonyl (C=O) groups excluding carboxylic acids is 1. The summed E-state index contributed by atoms with van der Waals surface area (Å²) in [5.41, 5.74) is 0.684. The molecule has 21 heavy (non-hydrogen) atoms. The summed E-state index contributed by atoms with van der Waals surface area (Å²) in [4.78, 5) is 11.6. The van der Waals surface area contributed by atoms with E-state index >= 15 is 0 Å². The summed E-state index contributed by atoms with van der Waals surface area (Å²) in [5, 5.41) is 1.58. The number of halogens is 1. The SMILES string of the molecule is COC(=O)C(NS(=O)(=O)/C=C/c1ccc(Cl)cc1)C(C)C. The summed E-state index contributed by atoms with van der Waals surface area (Å²) in [6.07, 6.45) is 1.42. The maximum absolute atomic E-state index is 12.0. The predicted molar refractivity (Wildman–Crippen MR) is 83.2 cm³/mol. The van der Waals surface area contributed by atoms with Crippen LogP contribution in [0.15, 0.2) is 29.7 Å². The van der Waals surface area contributed by atoms with Gasteiger partial charge in [-0.3, -0.25) is 4.79 Å². The quantitative estimate of drug-likeness (QED) is 0.812. The molecule has 0 aliphatic rings. The maximum Gasteiger partial charge on any atom is 0.324 e. The van der Waals surface area contributed by atoms with Crippen LogP contribution in [0.1, 0.15) is 19.4 Å². The van der Waals surface area contributed by atoms with E-state index in [1.165, 1.54) is 13.2 Å². The summed E-state index contributed by atoms with van der Waals surface area (Å²) in [6, 6.07) is 5.78. The molecule has 0 spiro atoms. The lowest BCUT2D eigenvalue weighted by atomic mass is 10.1. The summed E-state index contributed by atoms with van der Waals surface area (Å²) < 4.78 is 30.8. The van der Waals surface area contributed by atoms with E-state index in [2.05, 4.69) is 9.46 Å². The van der Waals surface area contributed by atoms with Gasteiger partial charge in [0.2, 0.25) is 10.0 Å². The molecule has 0 fully saturated rings. The molecule has 0 aromatic heterocycles. The smallest absolute Gasteiger partial charge is 0.324 e. The highest BCUT2D eigenvalue weighted by molar-refractivity contribution is 7.92. The lowest BCUT2D eigenvalue weighted by molar-refractivity contribution is -0.143. The second kappa shape index (κ2) is 7.59. The summed E-state index contributed by atoms with van der Waals surface area (Å²) in [7, 11) is -2.54. The van der Waals surface area contributed by atoms with Crippen LogP contribution in [0.3, 0.4) is 0 Å². The van der Waals surface area contributed by atoms with Gasteiger partial charge in [0.25, 0.3) is 0 Å². The van der Waals surface area contributed by atoms with Crippen molar-refractivity contribution in [1.29, 1.82) is 0 Å². The molecule has 0 heterocycles. The molecule has 0 aliphatic heterocycles. The van der Waals surface area contributed by atoms with Crippen molar-refractivity contribution in [2.24, 2.45) is 5.92 Å². The second-order valence-electron chi connectivity index (χ2n) is 4.76. The van der Waals surface area contributed by atoms with Crippen molar-refractivity contribution in [3.63, 3.8) is 0 Å². The van der Waals surface area contributed by atoms with Gasteiger partial charge in [0.15, 0.2) is 0 Å². The molecule has 1 atom stereocenters. The second-order valence-corrected chi connectivity index (χ2v) is 6.80. The van der Waals surface area contributed by atoms with Crippen molar-refractivity contribution >= 4 is 33.7 Å². The fourth-order valence-electron chi connectivity index (χ4n) is 1.54. The van der Waals surface area contributed by atoms with Gasteiger partial charge in [0.1, 0.15) is 6.04 Å². The molecule has 0 bridgehead atoms. The van der Waals surface area contributed by atoms with Gasteiger partial charge in [0, 0.05) is 10.4 Å². The van der Waals surface area contributed by atoms with Crippen LogP contribution < -0.4 is 4.72 Å². The first kappa shape index (κ1) is 17.7. The molecule has 1 unspecified atom stereocenters. The minimum Gasteiger partial charge on any atom is -0.468 e. The lowest BCUT2D eigenvalue weighted by Crippen LogP contribution is -2.44. The van der Waals surface area contributed by atoms with E-state index in [9.17, 15) is 13.2 Å². The minimum absolute atomic E-state index is 0.226. The number of hydrogen-bond acceptors (Lipinski definition) is 4. The van der Waals surface area contributed by atoms with E-state index in [0.717, 1.165) is 5.41 Å². The third kappa shape index (κ3) is 5.87. The normalized spacial score (nSPS) is 13.6. The highest BCUT2D eigenvalue weighted by atomic mass is 35.5. The highest BCUT2D eigenvalue weighted by Crippen LogP contribution is 2.12. The average molecular weight is 332 g/mol. The summed E-state index contributed by atoms with van der Waals surface area (Å²) >= 11 is 5.75. The maximum atomic E-state index is 12.0. The Labute approximate surface area is 130 Å². The lowest BCUT2D eigenvalue weighted by Gasteiger charge is -2.18. The van der Waals surface area contributed by atoms with Crippen LogP contribution in [-0.4, -0.2) is 27.5 Å². The molecule has 5 nitrogen and oxygen atoms in total. The molecule has 0 saturated heterocycles. The van der Waals surface area contributed by atoms with Crippen molar-refractivity contribution < 1.29 is 17.9 Å². The Balaban J connectivity index is 2.85. The van der Waals surface area contributed by atoms with Gasteiger partial charge in [0.05, 0.1) is 7.11 Å². The van der Waals surface area contributed by atoms with Gasteiger partial charge in [-0.05, 0) is 29.7 Å². The number of rotatable bonds is 6. The molecule has 7 heteroatoms. The number of benzene rings is 1. The third-order valence-corrected chi connectivity index (χ3v) is 4.05. The van der Waals surface area contributed by atoms with Crippen LogP contribution in [0.2, 0.25) is 5.02 Å². The van der Waals surface area contributed by atoms with Crippen LogP contribution in [0.4, 0.5) is 0 Å². The standard InChI is InChI=1S/C14H18ClNO4S/c1-10(2)13(14(17)20-3)16-21(18,19)9-8-11-4-6-12(15)7-5-11/h4-10,13,16H,1-3H3/b9-8+. The number of carbonyl (C=O) groups is 1. The van der Waals surface area contributed by atoms with E-state index < -0.39 is 22.0 Å². The Bertz CT molecular complexity index is 608. The van der Waals surface area contributed by atoms with Gasteiger partial charge in [-0.15, -0.1) is 0 Å². The molecule has 0 aliphatic carbocycles. The van der Waals surface area contributed by atoms with E-state index in [0.29, 0.717) is 10.6 Å². The molecular formula is C14H18ClNO4S. The van der Waals surface area contributed by atoms with E-state index in [-0.39, 0.29) is 5.92 Å². The first-order valence-electron chi connectivity index (χ1n) is 6.29. The fourth-order valence-corrected chi connectivity index (χ4v) is 2.80. The van der Waals surface area contributed by atoms with Crippen LogP contribution in [0.5, 0.6) is 0 Å². The van der Waals surface area contributed by atoms with Gasteiger partial charge in [-0.25, -0.2) is 8.42 Å². The molecule has 0 saturated carbocycles. The number of ether oxygens (including phenoxy) is 1. The number of methoxy groups -OCH3 is 1. The Morgan fingerprint density at radius 1 is 1.29 bits per heavy atom. The van der Waals surface area contributed by atoms with Crippen LogP contribution >= 0.6 is 11.6 Å². The molecular weight excluding hydrogens is 314 g/mol. The van der Waals surface area contributed by atoms with Gasteiger partial charge in [-0.1, -0.05) is 37.6 Å². The minimum atomic E-state index is -3.75. The fraction of sp³-hybridized carbons (Fsp3) is 0.357. The van der Waals surface area contributed by atoms with Gasteiger partial charge >= 0.3 is 5.97 Å². The topological polar surface area (TPSA) is 72.5 Å². The molecule has 1 rings (SSSR count). The number of hydrogen-bond donors (Lipinski definition) is 1. The van der Waals surface area contributed by atoms with Crippen molar-refractivity contribution in [3.8, 4) is 0 Å². The predicted octanol–water partition coefficient (Wildman–Crippen LogP) is 2.43. The summed E-state index contributed by atoms with van der Waals surface area (Å²) in [6.45, 7) is 3.46. The molecule has 0 amide bonds. The molecule has 1 aromatic rings. The zero-order chi connectivity index (χ0) is 16.0. The molecule has 116 valence electrons. The van der Waals surface area contributed by atoms with Crippen molar-refractivity contribution in [2.75, 3.05) is 7.11 Å². The zero-order valence-corrected chi connectivity index (χ0v) is 13.6. The largest absolute Gasteiger partial charge is 0.468 e. The number of sulfonamides is 1. The molecule has 1 N–H and O–H groups in total. The summed E-state index contributed by atoms with van der Waals surface area (Å²) in [5.74, 6) is -0.843. The Morgan fingerprint density at radius 2 is 1.86 bits per heavy atom. The first-order valence-corrected chi connectivity index (χ1v) is 8.21. The van der Waals surface area contributed by atoms with Crippen LogP contribution in [-0.2, 0) is 19.6 Å². The monoisotopic (exact) mass is 331 g/mol.